The van der Waals surface area contributed by atoms with Gasteiger partial charge in [0.25, 0.3) is 0 Å². The van der Waals surface area contributed by atoms with Gasteiger partial charge in [0.15, 0.2) is 0 Å². The normalized spacial score (nSPS) is 15.7. The molecule has 1 saturated heterocycles. The molecule has 158 valence electrons. The summed E-state index contributed by atoms with van der Waals surface area (Å²) in [5.41, 5.74) is 3.10. The summed E-state index contributed by atoms with van der Waals surface area (Å²) in [5.74, 6) is 0.550. The van der Waals surface area contributed by atoms with Gasteiger partial charge >= 0.3 is 0 Å². The van der Waals surface area contributed by atoms with Gasteiger partial charge < -0.3 is 10.1 Å². The lowest BCUT2D eigenvalue weighted by Crippen LogP contribution is -2.28. The third kappa shape index (κ3) is 4.72. The van der Waals surface area contributed by atoms with Gasteiger partial charge in [-0.25, -0.2) is 4.39 Å². The summed E-state index contributed by atoms with van der Waals surface area (Å²) >= 11 is 1.55. The second-order valence-corrected chi connectivity index (χ2v) is 8.14. The Balaban J connectivity index is 1.47. The number of methoxy groups -OCH3 is 1. The van der Waals surface area contributed by atoms with E-state index in [0.29, 0.717) is 17.2 Å². The minimum absolute atomic E-state index is 0.0242. The lowest BCUT2D eigenvalue weighted by Gasteiger charge is -2.26. The van der Waals surface area contributed by atoms with Gasteiger partial charge in [0.2, 0.25) is 11.8 Å². The van der Waals surface area contributed by atoms with Gasteiger partial charge in [-0.15, -0.1) is 11.8 Å². The van der Waals surface area contributed by atoms with E-state index in [1.54, 1.807) is 35.9 Å². The maximum atomic E-state index is 13.0. The van der Waals surface area contributed by atoms with E-state index in [4.69, 9.17) is 4.74 Å². The van der Waals surface area contributed by atoms with Crippen molar-refractivity contribution in [3.05, 3.63) is 89.7 Å². The zero-order chi connectivity index (χ0) is 21.8. The van der Waals surface area contributed by atoms with Crippen LogP contribution in [0.15, 0.2) is 72.8 Å². The highest BCUT2D eigenvalue weighted by atomic mass is 32.2. The van der Waals surface area contributed by atoms with E-state index >= 15 is 0 Å². The van der Waals surface area contributed by atoms with Gasteiger partial charge in [-0.2, -0.15) is 0 Å². The molecule has 0 bridgehead atoms. The van der Waals surface area contributed by atoms with Crippen molar-refractivity contribution in [2.24, 2.45) is 0 Å². The number of anilines is 2. The molecule has 5 nitrogen and oxygen atoms in total. The molecule has 1 aliphatic rings. The van der Waals surface area contributed by atoms with E-state index in [-0.39, 0.29) is 29.4 Å². The number of carbonyl (C=O) groups excluding carboxylic acids is 2. The Morgan fingerprint density at radius 3 is 2.52 bits per heavy atom. The molecule has 0 saturated carbocycles. The third-order valence-corrected chi connectivity index (χ3v) is 6.18. The summed E-state index contributed by atoms with van der Waals surface area (Å²) in [7, 11) is 1.59. The first-order valence-corrected chi connectivity index (χ1v) is 10.8. The number of hydrogen-bond acceptors (Lipinski definition) is 4. The lowest BCUT2D eigenvalue weighted by molar-refractivity contribution is -0.116. The van der Waals surface area contributed by atoms with Gasteiger partial charge in [0.05, 0.1) is 25.0 Å². The van der Waals surface area contributed by atoms with Crippen LogP contribution in [0.1, 0.15) is 16.5 Å². The first kappa shape index (κ1) is 20.9. The average molecular weight is 437 g/mol. The van der Waals surface area contributed by atoms with Crippen molar-refractivity contribution in [2.75, 3.05) is 23.1 Å². The van der Waals surface area contributed by atoms with Crippen molar-refractivity contribution in [3.63, 3.8) is 0 Å². The molecule has 0 aliphatic carbocycles. The van der Waals surface area contributed by atoms with Crippen molar-refractivity contribution in [1.82, 2.24) is 0 Å². The van der Waals surface area contributed by atoms with Gasteiger partial charge in [-0.05, 0) is 47.5 Å². The Kier molecular flexibility index (Phi) is 6.23. The lowest BCUT2D eigenvalue weighted by atomic mass is 10.1. The van der Waals surface area contributed by atoms with Crippen LogP contribution in [0.2, 0.25) is 0 Å². The van der Waals surface area contributed by atoms with E-state index in [0.717, 1.165) is 16.8 Å². The Morgan fingerprint density at radius 2 is 1.81 bits per heavy atom. The minimum Gasteiger partial charge on any atom is -0.495 e. The predicted octanol–water partition coefficient (Wildman–Crippen LogP) is 4.79. The fourth-order valence-corrected chi connectivity index (χ4v) is 4.65. The highest BCUT2D eigenvalue weighted by Crippen LogP contribution is 2.44. The van der Waals surface area contributed by atoms with E-state index < -0.39 is 0 Å². The van der Waals surface area contributed by atoms with Crippen LogP contribution >= 0.6 is 11.8 Å². The zero-order valence-corrected chi connectivity index (χ0v) is 17.7. The number of carbonyl (C=O) groups is 2. The van der Waals surface area contributed by atoms with Crippen LogP contribution in [-0.4, -0.2) is 24.7 Å². The van der Waals surface area contributed by atoms with E-state index in [2.05, 4.69) is 5.32 Å². The number of nitrogens with one attached hydrogen (secondary N) is 1. The molecule has 3 aromatic carbocycles. The molecule has 1 aliphatic heterocycles. The SMILES string of the molecule is COc1ccccc1N1C(=O)CSC1c1ccc(NC(=O)Cc2ccc(F)cc2)cc1. The third-order valence-electron chi connectivity index (χ3n) is 4.97. The smallest absolute Gasteiger partial charge is 0.238 e. The molecule has 1 fully saturated rings. The van der Waals surface area contributed by atoms with Crippen LogP contribution in [0.4, 0.5) is 15.8 Å². The Bertz CT molecular complexity index is 1090. The molecule has 4 rings (SSSR count). The minimum atomic E-state index is -0.329. The molecule has 31 heavy (non-hydrogen) atoms. The maximum Gasteiger partial charge on any atom is 0.238 e. The van der Waals surface area contributed by atoms with Gasteiger partial charge in [-0.1, -0.05) is 36.4 Å². The summed E-state index contributed by atoms with van der Waals surface area (Å²) in [6, 6.07) is 20.8. The largest absolute Gasteiger partial charge is 0.495 e. The Morgan fingerprint density at radius 1 is 1.10 bits per heavy atom. The van der Waals surface area contributed by atoms with Crippen LogP contribution < -0.4 is 15.0 Å². The second kappa shape index (κ2) is 9.22. The molecule has 1 N–H and O–H groups in total. The fourth-order valence-electron chi connectivity index (χ4n) is 3.48. The molecule has 1 unspecified atom stereocenters. The summed E-state index contributed by atoms with van der Waals surface area (Å²) < 4.78 is 18.4. The molecule has 2 amide bonds. The van der Waals surface area contributed by atoms with Gasteiger partial charge in [0, 0.05) is 5.69 Å². The Labute approximate surface area is 184 Å². The van der Waals surface area contributed by atoms with Gasteiger partial charge in [0.1, 0.15) is 16.9 Å². The average Bonchev–Trinajstić information content (AvgIpc) is 3.17. The van der Waals surface area contributed by atoms with E-state index in [1.807, 2.05) is 48.5 Å². The predicted molar refractivity (Wildman–Crippen MR) is 121 cm³/mol. The quantitative estimate of drug-likeness (QED) is 0.603. The number of ether oxygens (including phenoxy) is 1. The number of amides is 2. The Hall–Kier alpha value is -3.32. The van der Waals surface area contributed by atoms with Crippen LogP contribution in [0.3, 0.4) is 0 Å². The standard InChI is InChI=1S/C24H21FN2O3S/c1-30-21-5-3-2-4-20(21)27-23(29)15-31-24(27)17-8-12-19(13-9-17)26-22(28)14-16-6-10-18(25)11-7-16/h2-13,24H,14-15H2,1H3,(H,26,28). The molecule has 1 atom stereocenters. The summed E-state index contributed by atoms with van der Waals surface area (Å²) in [4.78, 5) is 26.6. The zero-order valence-electron chi connectivity index (χ0n) is 16.9. The summed E-state index contributed by atoms with van der Waals surface area (Å²) in [6.07, 6.45) is 0.163. The number of para-hydroxylation sites is 2. The number of halogens is 1. The summed E-state index contributed by atoms with van der Waals surface area (Å²) in [6.45, 7) is 0. The molecule has 3 aromatic rings. The number of rotatable bonds is 6. The second-order valence-electron chi connectivity index (χ2n) is 7.07. The highest BCUT2D eigenvalue weighted by Gasteiger charge is 2.35. The van der Waals surface area contributed by atoms with Crippen molar-refractivity contribution in [3.8, 4) is 5.75 Å². The first-order valence-electron chi connectivity index (χ1n) is 9.76. The van der Waals surface area contributed by atoms with Gasteiger partial charge in [-0.3, -0.25) is 14.5 Å². The summed E-state index contributed by atoms with van der Waals surface area (Å²) in [5, 5.41) is 2.68. The van der Waals surface area contributed by atoms with E-state index in [9.17, 15) is 14.0 Å². The molecule has 1 heterocycles. The molecular weight excluding hydrogens is 415 g/mol. The topological polar surface area (TPSA) is 58.6 Å². The number of thioether (sulfide) groups is 1. The molecular formula is C24H21FN2O3S. The number of benzene rings is 3. The molecule has 0 spiro atoms. The van der Waals surface area contributed by atoms with Crippen molar-refractivity contribution >= 4 is 35.0 Å². The van der Waals surface area contributed by atoms with Crippen molar-refractivity contribution in [2.45, 2.75) is 11.8 Å². The van der Waals surface area contributed by atoms with Crippen molar-refractivity contribution in [1.29, 1.82) is 0 Å². The number of hydrogen-bond donors (Lipinski definition) is 1. The van der Waals surface area contributed by atoms with E-state index in [1.165, 1.54) is 12.1 Å². The number of nitrogens with zero attached hydrogens (tertiary/aromatic N) is 1. The molecule has 0 radical (unpaired) electrons. The highest BCUT2D eigenvalue weighted by molar-refractivity contribution is 8.00. The first-order chi connectivity index (χ1) is 15.0. The van der Waals surface area contributed by atoms with Crippen molar-refractivity contribution < 1.29 is 18.7 Å². The van der Waals surface area contributed by atoms with Crippen LogP contribution in [0.25, 0.3) is 0 Å². The molecule has 0 aromatic heterocycles. The van der Waals surface area contributed by atoms with Crippen LogP contribution in [-0.2, 0) is 16.0 Å². The van der Waals surface area contributed by atoms with Crippen LogP contribution in [0.5, 0.6) is 5.75 Å². The maximum absolute atomic E-state index is 13.0. The monoisotopic (exact) mass is 436 g/mol. The van der Waals surface area contributed by atoms with Crippen LogP contribution in [0, 0.1) is 5.82 Å². The molecule has 7 heteroatoms. The fraction of sp³-hybridized carbons (Fsp3) is 0.167.